The van der Waals surface area contributed by atoms with E-state index >= 15 is 0 Å². The van der Waals surface area contributed by atoms with E-state index in [4.69, 9.17) is 9.47 Å². The first-order valence-electron chi connectivity index (χ1n) is 8.38. The lowest BCUT2D eigenvalue weighted by molar-refractivity contribution is -0.902. The number of aliphatic hydroxyl groups is 2. The first-order valence-corrected chi connectivity index (χ1v) is 8.38. The standard InChI is InChI=1S/C18H21NO5/c1-19(22)8-7-17-14-10-3-4-12(23-2)15(14)24-16(17)11(20)5-6-18(17,21)13(19)9-10/h3-6,11,13,16,20-21H,7-9H2,1-2H3/t11-,13+,16-,17-,18+,19?/m0/s1. The molecule has 128 valence electrons. The fraction of sp³-hybridized carbons (Fsp3) is 0.556. The van der Waals surface area contributed by atoms with Crippen molar-refractivity contribution < 1.29 is 24.3 Å². The molecule has 1 aromatic carbocycles. The Morgan fingerprint density at radius 1 is 1.42 bits per heavy atom. The normalized spacial score (nSPS) is 47.1. The Morgan fingerprint density at radius 2 is 2.21 bits per heavy atom. The fourth-order valence-corrected chi connectivity index (χ4v) is 5.60. The molecule has 1 saturated heterocycles. The summed E-state index contributed by atoms with van der Waals surface area (Å²) in [7, 11) is 3.22. The molecule has 2 aliphatic heterocycles. The molecule has 6 atom stereocenters. The van der Waals surface area contributed by atoms with Gasteiger partial charge in [0.1, 0.15) is 23.9 Å². The third kappa shape index (κ3) is 1.35. The number of piperidine rings is 1. The van der Waals surface area contributed by atoms with Gasteiger partial charge in [0.05, 0.1) is 26.1 Å². The quantitative estimate of drug-likeness (QED) is 0.448. The molecule has 1 spiro atoms. The minimum atomic E-state index is -1.32. The maximum Gasteiger partial charge on any atom is 0.166 e. The van der Waals surface area contributed by atoms with Crippen LogP contribution in [0.5, 0.6) is 11.5 Å². The summed E-state index contributed by atoms with van der Waals surface area (Å²) >= 11 is 0. The molecule has 0 radical (unpaired) electrons. The number of rotatable bonds is 1. The molecule has 1 unspecified atom stereocenters. The molecular formula is C18H21NO5. The summed E-state index contributed by atoms with van der Waals surface area (Å²) in [6.07, 6.45) is 2.76. The maximum absolute atomic E-state index is 13.1. The maximum atomic E-state index is 13.1. The molecule has 0 amide bonds. The Hall–Kier alpha value is -1.60. The largest absolute Gasteiger partial charge is 0.633 e. The van der Waals surface area contributed by atoms with Gasteiger partial charge in [0, 0.05) is 18.4 Å². The van der Waals surface area contributed by atoms with Crippen LogP contribution in [-0.2, 0) is 11.8 Å². The summed E-state index contributed by atoms with van der Waals surface area (Å²) in [6.45, 7) is 0.392. The Kier molecular flexibility index (Phi) is 2.54. The number of benzene rings is 1. The Morgan fingerprint density at radius 3 is 2.96 bits per heavy atom. The molecule has 2 aliphatic carbocycles. The van der Waals surface area contributed by atoms with Gasteiger partial charge >= 0.3 is 0 Å². The van der Waals surface area contributed by atoms with Gasteiger partial charge in [-0.1, -0.05) is 12.1 Å². The molecule has 6 nitrogen and oxygen atoms in total. The first-order chi connectivity index (χ1) is 11.3. The Bertz CT molecular complexity index is 775. The van der Waals surface area contributed by atoms with Gasteiger partial charge in [0.2, 0.25) is 0 Å². The Balaban J connectivity index is 1.87. The van der Waals surface area contributed by atoms with Crippen molar-refractivity contribution in [1.29, 1.82) is 0 Å². The number of ether oxygens (including phenoxy) is 2. The summed E-state index contributed by atoms with van der Waals surface area (Å²) in [4.78, 5) is 0. The second-order valence-corrected chi connectivity index (χ2v) is 7.68. The van der Waals surface area contributed by atoms with Gasteiger partial charge in [0.25, 0.3) is 0 Å². The highest BCUT2D eigenvalue weighted by atomic mass is 16.6. The van der Waals surface area contributed by atoms with Crippen LogP contribution in [0.4, 0.5) is 0 Å². The van der Waals surface area contributed by atoms with Gasteiger partial charge < -0.3 is 29.5 Å². The zero-order chi connectivity index (χ0) is 16.9. The molecule has 0 aromatic heterocycles. The van der Waals surface area contributed by atoms with Crippen LogP contribution < -0.4 is 9.47 Å². The zero-order valence-corrected chi connectivity index (χ0v) is 13.7. The van der Waals surface area contributed by atoms with Gasteiger partial charge in [-0.25, -0.2) is 0 Å². The van der Waals surface area contributed by atoms with Crippen LogP contribution in [-0.4, -0.2) is 59.4 Å². The van der Waals surface area contributed by atoms with Crippen molar-refractivity contribution in [1.82, 2.24) is 0 Å². The molecule has 1 aromatic rings. The predicted molar refractivity (Wildman–Crippen MR) is 85.7 cm³/mol. The lowest BCUT2D eigenvalue weighted by Gasteiger charge is -2.65. The minimum absolute atomic E-state index is 0.392. The molecule has 5 rings (SSSR count). The summed E-state index contributed by atoms with van der Waals surface area (Å²) < 4.78 is 11.1. The van der Waals surface area contributed by atoms with E-state index in [-0.39, 0.29) is 0 Å². The topological polar surface area (TPSA) is 82.0 Å². The number of likely N-dealkylation sites (N-methyl/N-ethyl adjacent to an activating group) is 1. The second kappa shape index (κ2) is 4.14. The van der Waals surface area contributed by atoms with Crippen molar-refractivity contribution in [3.05, 3.63) is 40.6 Å². The van der Waals surface area contributed by atoms with Crippen molar-refractivity contribution in [3.8, 4) is 11.5 Å². The van der Waals surface area contributed by atoms with E-state index in [2.05, 4.69) is 0 Å². The van der Waals surface area contributed by atoms with Crippen LogP contribution in [0.25, 0.3) is 0 Å². The number of likely N-dealkylation sites (tertiary alicyclic amines) is 1. The van der Waals surface area contributed by atoms with Gasteiger partial charge in [-0.3, -0.25) is 0 Å². The Labute approximate surface area is 140 Å². The summed E-state index contributed by atoms with van der Waals surface area (Å²) in [6, 6.07) is 3.30. The van der Waals surface area contributed by atoms with E-state index in [1.807, 2.05) is 12.1 Å². The number of quaternary nitrogens is 1. The van der Waals surface area contributed by atoms with Crippen LogP contribution in [0.15, 0.2) is 24.3 Å². The lowest BCUT2D eigenvalue weighted by atomic mass is 9.50. The molecule has 2 heterocycles. The van der Waals surface area contributed by atoms with Gasteiger partial charge in [0.15, 0.2) is 11.5 Å². The van der Waals surface area contributed by atoms with E-state index in [1.165, 1.54) is 0 Å². The van der Waals surface area contributed by atoms with Crippen molar-refractivity contribution in [3.63, 3.8) is 0 Å². The van der Waals surface area contributed by atoms with E-state index < -0.39 is 33.9 Å². The number of nitrogens with zero attached hydrogens (tertiary/aromatic N) is 1. The smallest absolute Gasteiger partial charge is 0.166 e. The fourth-order valence-electron chi connectivity index (χ4n) is 5.60. The van der Waals surface area contributed by atoms with Gasteiger partial charge in [-0.15, -0.1) is 0 Å². The summed E-state index contributed by atoms with van der Waals surface area (Å²) in [5, 5.41) is 35.3. The zero-order valence-electron chi connectivity index (χ0n) is 13.7. The number of hydrogen-bond acceptors (Lipinski definition) is 5. The number of aliphatic hydroxyl groups excluding tert-OH is 1. The van der Waals surface area contributed by atoms with Crippen LogP contribution >= 0.6 is 0 Å². The predicted octanol–water partition coefficient (Wildman–Crippen LogP) is 0.629. The van der Waals surface area contributed by atoms with Crippen molar-refractivity contribution >= 4 is 0 Å². The highest BCUT2D eigenvalue weighted by Gasteiger charge is 2.74. The van der Waals surface area contributed by atoms with E-state index in [9.17, 15) is 15.4 Å². The molecule has 4 aliphatic rings. The van der Waals surface area contributed by atoms with Crippen molar-refractivity contribution in [2.75, 3.05) is 20.7 Å². The number of hydrogen-bond donors (Lipinski definition) is 2. The average Bonchev–Trinajstić information content (AvgIpc) is 2.90. The van der Waals surface area contributed by atoms with Crippen LogP contribution in [0, 0.1) is 5.21 Å². The molecule has 6 heteroatoms. The van der Waals surface area contributed by atoms with Crippen LogP contribution in [0.1, 0.15) is 17.5 Å². The highest BCUT2D eigenvalue weighted by Crippen LogP contribution is 2.64. The van der Waals surface area contributed by atoms with E-state index in [1.54, 1.807) is 26.3 Å². The second-order valence-electron chi connectivity index (χ2n) is 7.68. The average molecular weight is 331 g/mol. The molecule has 2 N–H and O–H groups in total. The van der Waals surface area contributed by atoms with Crippen molar-refractivity contribution in [2.45, 2.75) is 42.1 Å². The number of hydroxylamine groups is 3. The van der Waals surface area contributed by atoms with Gasteiger partial charge in [-0.2, -0.15) is 0 Å². The van der Waals surface area contributed by atoms with Crippen molar-refractivity contribution in [2.24, 2.45) is 0 Å². The van der Waals surface area contributed by atoms with E-state index in [0.29, 0.717) is 30.9 Å². The number of methoxy groups -OCH3 is 1. The lowest BCUT2D eigenvalue weighted by Crippen LogP contribution is -2.78. The van der Waals surface area contributed by atoms with E-state index in [0.717, 1.165) is 11.1 Å². The highest BCUT2D eigenvalue weighted by molar-refractivity contribution is 5.64. The minimum Gasteiger partial charge on any atom is -0.633 e. The summed E-state index contributed by atoms with van der Waals surface area (Å²) in [5.74, 6) is 1.22. The molecule has 2 bridgehead atoms. The first kappa shape index (κ1) is 14.7. The third-order valence-corrected chi connectivity index (χ3v) is 6.71. The van der Waals surface area contributed by atoms with Crippen LogP contribution in [0.3, 0.4) is 0 Å². The van der Waals surface area contributed by atoms with Crippen LogP contribution in [0.2, 0.25) is 0 Å². The third-order valence-electron chi connectivity index (χ3n) is 6.71. The summed E-state index contributed by atoms with van der Waals surface area (Å²) in [5.41, 5.74) is -0.166. The molecule has 0 saturated carbocycles. The molecule has 24 heavy (non-hydrogen) atoms. The monoisotopic (exact) mass is 331 g/mol. The molecular weight excluding hydrogens is 310 g/mol. The SMILES string of the molecule is COc1ccc2c3c1O[C@H]1[C@@H](O)C=C[C@@]4(O)[C@@H](C2)[N+](C)([O-])CC[C@]314. The molecule has 1 fully saturated rings. The van der Waals surface area contributed by atoms with Gasteiger partial charge in [-0.05, 0) is 17.7 Å².